The van der Waals surface area contributed by atoms with Crippen molar-refractivity contribution >= 4 is 36.6 Å². The number of amides is 2. The smallest absolute Gasteiger partial charge is 0.236 e. The third-order valence-electron chi connectivity index (χ3n) is 6.76. The van der Waals surface area contributed by atoms with Gasteiger partial charge >= 0.3 is 0 Å². The molecule has 1 aliphatic heterocycles. The summed E-state index contributed by atoms with van der Waals surface area (Å²) in [5, 5.41) is 2.99. The Kier molecular flexibility index (Phi) is 25.3. The number of piperidine rings is 1. The molecule has 2 atom stereocenters. The molecule has 1 saturated heterocycles. The molecule has 2 amide bonds. The lowest BCUT2D eigenvalue weighted by molar-refractivity contribution is -0.135. The van der Waals surface area contributed by atoms with Gasteiger partial charge in [0.2, 0.25) is 11.8 Å². The van der Waals surface area contributed by atoms with Crippen molar-refractivity contribution in [1.29, 1.82) is 0 Å². The number of rotatable bonds is 19. The third kappa shape index (κ3) is 17.0. The van der Waals surface area contributed by atoms with Gasteiger partial charge in [-0.2, -0.15) is 0 Å². The molecule has 8 heteroatoms. The Morgan fingerprint density at radius 2 is 1.47 bits per heavy atom. The number of hydrogen-bond donors (Lipinski definition) is 3. The van der Waals surface area contributed by atoms with Crippen molar-refractivity contribution in [3.8, 4) is 0 Å². The zero-order valence-electron chi connectivity index (χ0n) is 21.7. The zero-order valence-corrected chi connectivity index (χ0v) is 23.4. The lowest BCUT2D eigenvalue weighted by Crippen LogP contribution is -2.51. The number of carbonyl (C=O) groups is 2. The van der Waals surface area contributed by atoms with Crippen LogP contribution in [-0.2, 0) is 9.59 Å². The molecule has 5 N–H and O–H groups in total. The van der Waals surface area contributed by atoms with Gasteiger partial charge < -0.3 is 21.7 Å². The Morgan fingerprint density at radius 1 is 0.882 bits per heavy atom. The van der Waals surface area contributed by atoms with Crippen LogP contribution in [0.25, 0.3) is 0 Å². The highest BCUT2D eigenvalue weighted by Crippen LogP contribution is 2.19. The van der Waals surface area contributed by atoms with Gasteiger partial charge in [-0.25, -0.2) is 0 Å². The lowest BCUT2D eigenvalue weighted by Gasteiger charge is -2.36. The Balaban J connectivity index is 0. The summed E-state index contributed by atoms with van der Waals surface area (Å²) in [6, 6.07) is -0.366. The van der Waals surface area contributed by atoms with Crippen LogP contribution in [0.2, 0.25) is 0 Å². The van der Waals surface area contributed by atoms with Crippen LogP contribution < -0.4 is 16.8 Å². The first-order valence-electron chi connectivity index (χ1n) is 13.6. The second-order valence-corrected chi connectivity index (χ2v) is 9.66. The van der Waals surface area contributed by atoms with E-state index < -0.39 is 6.04 Å². The quantitative estimate of drug-likeness (QED) is 0.194. The molecule has 0 radical (unpaired) electrons. The number of halogens is 2. The molecule has 0 bridgehead atoms. The molecule has 1 heterocycles. The maximum Gasteiger partial charge on any atom is 0.236 e. The monoisotopic (exact) mass is 524 g/mol. The van der Waals surface area contributed by atoms with Crippen LogP contribution in [0.4, 0.5) is 0 Å². The summed E-state index contributed by atoms with van der Waals surface area (Å²) in [4.78, 5) is 27.1. The van der Waals surface area contributed by atoms with Crippen molar-refractivity contribution < 1.29 is 9.59 Å². The van der Waals surface area contributed by atoms with Gasteiger partial charge in [-0.05, 0) is 45.1 Å². The van der Waals surface area contributed by atoms with Gasteiger partial charge in [0.15, 0.2) is 0 Å². The van der Waals surface area contributed by atoms with Gasteiger partial charge in [-0.3, -0.25) is 9.59 Å². The zero-order chi connectivity index (χ0) is 23.4. The summed E-state index contributed by atoms with van der Waals surface area (Å²) in [5.41, 5.74) is 11.5. The van der Waals surface area contributed by atoms with E-state index in [0.29, 0.717) is 25.9 Å². The first kappa shape index (κ1) is 35.6. The van der Waals surface area contributed by atoms with Crippen LogP contribution >= 0.6 is 24.8 Å². The molecule has 204 valence electrons. The van der Waals surface area contributed by atoms with Crippen LogP contribution in [0.5, 0.6) is 0 Å². The molecule has 2 unspecified atom stereocenters. The number of unbranched alkanes of at least 4 members (excludes halogenated alkanes) is 11. The van der Waals surface area contributed by atoms with E-state index in [2.05, 4.69) is 12.2 Å². The Hall–Kier alpha value is -0.560. The molecular formula is C26H54Cl2N4O2. The van der Waals surface area contributed by atoms with E-state index in [0.717, 1.165) is 51.5 Å². The molecule has 0 spiro atoms. The highest BCUT2D eigenvalue weighted by atomic mass is 35.5. The van der Waals surface area contributed by atoms with Gasteiger partial charge in [0.05, 0.1) is 6.04 Å². The molecule has 6 nitrogen and oxygen atoms in total. The van der Waals surface area contributed by atoms with Gasteiger partial charge in [0.25, 0.3) is 0 Å². The highest BCUT2D eigenvalue weighted by molar-refractivity contribution is 5.85. The topological polar surface area (TPSA) is 101 Å². The van der Waals surface area contributed by atoms with E-state index in [1.165, 1.54) is 57.8 Å². The Morgan fingerprint density at radius 3 is 2.06 bits per heavy atom. The summed E-state index contributed by atoms with van der Waals surface area (Å²) < 4.78 is 0. The summed E-state index contributed by atoms with van der Waals surface area (Å²) in [6.07, 6.45) is 20.4. The first-order valence-corrected chi connectivity index (χ1v) is 13.6. The average Bonchev–Trinajstić information content (AvgIpc) is 2.81. The van der Waals surface area contributed by atoms with E-state index in [1.807, 2.05) is 4.90 Å². The summed E-state index contributed by atoms with van der Waals surface area (Å²) >= 11 is 0. The molecule has 0 saturated carbocycles. The minimum Gasteiger partial charge on any atom is -0.353 e. The van der Waals surface area contributed by atoms with Gasteiger partial charge in [0, 0.05) is 25.6 Å². The van der Waals surface area contributed by atoms with Crippen molar-refractivity contribution in [1.82, 2.24) is 10.2 Å². The molecule has 0 aliphatic carbocycles. The molecule has 1 fully saturated rings. The average molecular weight is 526 g/mol. The third-order valence-corrected chi connectivity index (χ3v) is 6.76. The molecular weight excluding hydrogens is 471 g/mol. The number of nitrogens with one attached hydrogen (secondary N) is 1. The molecule has 1 aliphatic rings. The maximum atomic E-state index is 12.8. The normalized spacial score (nSPS) is 16.3. The van der Waals surface area contributed by atoms with Crippen molar-refractivity contribution in [2.75, 3.05) is 19.6 Å². The van der Waals surface area contributed by atoms with E-state index in [9.17, 15) is 9.59 Å². The lowest BCUT2D eigenvalue weighted by atomic mass is 10.0. The molecule has 0 aromatic rings. The summed E-state index contributed by atoms with van der Waals surface area (Å²) in [6.45, 7) is 4.23. The first-order chi connectivity index (χ1) is 15.6. The van der Waals surface area contributed by atoms with Gasteiger partial charge in [0.1, 0.15) is 0 Å². The van der Waals surface area contributed by atoms with E-state index in [4.69, 9.17) is 11.5 Å². The molecule has 0 aromatic carbocycles. The fraction of sp³-hybridized carbons (Fsp3) is 0.923. The SMILES string of the molecule is CCCCCCCCCCCCCC(=O)N1CCCCC1CNC(=O)C(N)CCCCN.Cl.Cl. The fourth-order valence-corrected chi connectivity index (χ4v) is 4.61. The minimum atomic E-state index is -0.481. The van der Waals surface area contributed by atoms with Crippen LogP contribution in [0.3, 0.4) is 0 Å². The van der Waals surface area contributed by atoms with Crippen LogP contribution in [0.15, 0.2) is 0 Å². The largest absolute Gasteiger partial charge is 0.353 e. The number of carbonyl (C=O) groups excluding carboxylic acids is 2. The standard InChI is InChI=1S/C26H52N4O2.2ClH/c1-2-3-4-5-6-7-8-9-10-11-12-19-25(31)30-21-16-14-17-23(30)22-29-26(32)24(28)18-13-15-20-27;;/h23-24H,2-22,27-28H2,1H3,(H,29,32);2*1H. The number of nitrogens with two attached hydrogens (primary N) is 2. The van der Waals surface area contributed by atoms with Gasteiger partial charge in [-0.1, -0.05) is 77.6 Å². The Labute approximate surface area is 221 Å². The Bertz CT molecular complexity index is 497. The second kappa shape index (κ2) is 24.1. The van der Waals surface area contributed by atoms with Gasteiger partial charge in [-0.15, -0.1) is 24.8 Å². The summed E-state index contributed by atoms with van der Waals surface area (Å²) in [7, 11) is 0. The fourth-order valence-electron chi connectivity index (χ4n) is 4.61. The predicted octanol–water partition coefficient (Wildman–Crippen LogP) is 5.48. The van der Waals surface area contributed by atoms with Crippen molar-refractivity contribution in [3.63, 3.8) is 0 Å². The predicted molar refractivity (Wildman–Crippen MR) is 149 cm³/mol. The molecule has 1 rings (SSSR count). The maximum absolute atomic E-state index is 12.8. The van der Waals surface area contributed by atoms with E-state index in [-0.39, 0.29) is 42.7 Å². The van der Waals surface area contributed by atoms with E-state index >= 15 is 0 Å². The van der Waals surface area contributed by atoms with Crippen molar-refractivity contribution in [2.24, 2.45) is 11.5 Å². The molecule has 0 aromatic heterocycles. The van der Waals surface area contributed by atoms with E-state index in [1.54, 1.807) is 0 Å². The summed E-state index contributed by atoms with van der Waals surface area (Å²) in [5.74, 6) is 0.150. The minimum absolute atomic E-state index is 0. The number of hydrogen-bond acceptors (Lipinski definition) is 4. The van der Waals surface area contributed by atoms with Crippen molar-refractivity contribution in [3.05, 3.63) is 0 Å². The highest BCUT2D eigenvalue weighted by Gasteiger charge is 2.27. The number of likely N-dealkylation sites (tertiary alicyclic amines) is 1. The van der Waals surface area contributed by atoms with Crippen molar-refractivity contribution in [2.45, 2.75) is 135 Å². The van der Waals surface area contributed by atoms with Crippen LogP contribution in [-0.4, -0.2) is 48.4 Å². The molecule has 34 heavy (non-hydrogen) atoms. The van der Waals surface area contributed by atoms with Crippen LogP contribution in [0, 0.1) is 0 Å². The van der Waals surface area contributed by atoms with Crippen LogP contribution in [0.1, 0.15) is 122 Å². The number of nitrogens with zero attached hydrogens (tertiary/aromatic N) is 1. The second-order valence-electron chi connectivity index (χ2n) is 9.66.